The molecule has 1 aromatic heterocycles. The van der Waals surface area contributed by atoms with E-state index < -0.39 is 0 Å². The van der Waals surface area contributed by atoms with E-state index in [9.17, 15) is 4.79 Å². The molecule has 0 aliphatic carbocycles. The van der Waals surface area contributed by atoms with E-state index in [4.69, 9.17) is 16.9 Å². The number of benzene rings is 1. The molecule has 122 valence electrons. The van der Waals surface area contributed by atoms with E-state index >= 15 is 0 Å². The van der Waals surface area contributed by atoms with Gasteiger partial charge in [0.15, 0.2) is 0 Å². The molecular weight excluding hydrogens is 324 g/mol. The van der Waals surface area contributed by atoms with Crippen LogP contribution in [0, 0.1) is 11.3 Å². The number of hydrogen-bond donors (Lipinski definition) is 1. The number of anilines is 1. The molecule has 0 saturated carbocycles. The van der Waals surface area contributed by atoms with E-state index in [1.807, 2.05) is 41.3 Å². The maximum absolute atomic E-state index is 12.6. The molecule has 0 radical (unpaired) electrons. The Balaban J connectivity index is 1.68. The molecule has 3 rings (SSSR count). The molecule has 1 aliphatic rings. The summed E-state index contributed by atoms with van der Waals surface area (Å²) in [5.41, 5.74) is 1.13. The molecule has 2 aromatic rings. The third-order valence-electron chi connectivity index (χ3n) is 4.04. The van der Waals surface area contributed by atoms with Crippen molar-refractivity contribution in [3.05, 3.63) is 58.7 Å². The number of piperidine rings is 1. The highest BCUT2D eigenvalue weighted by molar-refractivity contribution is 6.33. The minimum atomic E-state index is 0.0426. The second-order valence-corrected chi connectivity index (χ2v) is 6.17. The van der Waals surface area contributed by atoms with Gasteiger partial charge in [-0.15, -0.1) is 0 Å². The maximum atomic E-state index is 12.6. The smallest absolute Gasteiger partial charge is 0.253 e. The Kier molecular flexibility index (Phi) is 4.97. The summed E-state index contributed by atoms with van der Waals surface area (Å²) in [6.07, 6.45) is 3.35. The van der Waals surface area contributed by atoms with E-state index in [0.29, 0.717) is 28.5 Å². The molecule has 1 amide bonds. The van der Waals surface area contributed by atoms with Gasteiger partial charge in [0, 0.05) is 30.9 Å². The van der Waals surface area contributed by atoms with Gasteiger partial charge in [0.05, 0.1) is 10.6 Å². The average molecular weight is 341 g/mol. The molecule has 1 atom stereocenters. The molecule has 24 heavy (non-hydrogen) atoms. The van der Waals surface area contributed by atoms with Crippen LogP contribution < -0.4 is 5.32 Å². The van der Waals surface area contributed by atoms with Crippen molar-refractivity contribution in [1.82, 2.24) is 9.88 Å². The largest absolute Gasteiger partial charge is 0.364 e. The van der Waals surface area contributed by atoms with Gasteiger partial charge in [-0.3, -0.25) is 4.79 Å². The number of likely N-dealkylation sites (tertiary alicyclic amines) is 1. The fourth-order valence-electron chi connectivity index (χ4n) is 2.84. The van der Waals surface area contributed by atoms with E-state index in [2.05, 4.69) is 10.3 Å². The molecule has 1 N–H and O–H groups in total. The van der Waals surface area contributed by atoms with Gasteiger partial charge in [0.25, 0.3) is 5.91 Å². The third kappa shape index (κ3) is 3.66. The van der Waals surface area contributed by atoms with E-state index in [-0.39, 0.29) is 11.9 Å². The predicted molar refractivity (Wildman–Crippen MR) is 93.0 cm³/mol. The first-order chi connectivity index (χ1) is 11.7. The van der Waals surface area contributed by atoms with Crippen LogP contribution in [0.2, 0.25) is 5.02 Å². The average Bonchev–Trinajstić information content (AvgIpc) is 2.63. The third-order valence-corrected chi connectivity index (χ3v) is 4.33. The number of carbonyl (C=O) groups excluding carboxylic acids is 1. The minimum absolute atomic E-state index is 0.0426. The monoisotopic (exact) mass is 340 g/mol. The number of nitrogens with zero attached hydrogens (tertiary/aromatic N) is 3. The van der Waals surface area contributed by atoms with E-state index in [0.717, 1.165) is 19.4 Å². The molecule has 6 heteroatoms. The maximum Gasteiger partial charge on any atom is 0.253 e. The summed E-state index contributed by atoms with van der Waals surface area (Å²) in [5.74, 6) is 0.593. The number of halogens is 1. The van der Waals surface area contributed by atoms with Crippen molar-refractivity contribution in [3.8, 4) is 6.07 Å². The lowest BCUT2D eigenvalue weighted by Gasteiger charge is -2.33. The van der Waals surface area contributed by atoms with Crippen molar-refractivity contribution in [2.45, 2.75) is 18.9 Å². The Labute approximate surface area is 145 Å². The van der Waals surface area contributed by atoms with Crippen LogP contribution >= 0.6 is 11.6 Å². The molecule has 1 aliphatic heterocycles. The summed E-state index contributed by atoms with van der Waals surface area (Å²) < 4.78 is 0. The molecule has 0 unspecified atom stereocenters. The van der Waals surface area contributed by atoms with Crippen molar-refractivity contribution in [2.75, 3.05) is 18.4 Å². The summed E-state index contributed by atoms with van der Waals surface area (Å²) in [5, 5.41) is 12.6. The zero-order valence-electron chi connectivity index (χ0n) is 13.1. The number of aromatic nitrogens is 1. The number of pyridine rings is 1. The molecule has 1 saturated heterocycles. The van der Waals surface area contributed by atoms with Crippen molar-refractivity contribution in [3.63, 3.8) is 0 Å². The molecular formula is C18H17ClN4O. The first-order valence-electron chi connectivity index (χ1n) is 7.84. The molecule has 0 bridgehead atoms. The van der Waals surface area contributed by atoms with Gasteiger partial charge in [0.2, 0.25) is 0 Å². The standard InChI is InChI=1S/C18H17ClN4O/c19-16-9-13(10-20)11-21-17(16)22-15-7-4-8-23(12-15)18(24)14-5-2-1-3-6-14/h1-3,5-6,9,11,15H,4,7-8,12H2,(H,21,22)/t15-/m0/s1. The number of amides is 1. The van der Waals surface area contributed by atoms with Crippen LogP contribution in [0.15, 0.2) is 42.6 Å². The molecule has 2 heterocycles. The molecule has 0 spiro atoms. The highest BCUT2D eigenvalue weighted by Crippen LogP contribution is 2.23. The topological polar surface area (TPSA) is 69.0 Å². The Hall–Kier alpha value is -2.58. The zero-order chi connectivity index (χ0) is 16.9. The second kappa shape index (κ2) is 7.33. The zero-order valence-corrected chi connectivity index (χ0v) is 13.8. The summed E-state index contributed by atoms with van der Waals surface area (Å²) >= 11 is 6.17. The highest BCUT2D eigenvalue weighted by atomic mass is 35.5. The Morgan fingerprint density at radius 1 is 1.38 bits per heavy atom. The fraction of sp³-hybridized carbons (Fsp3) is 0.278. The van der Waals surface area contributed by atoms with Gasteiger partial charge >= 0.3 is 0 Å². The van der Waals surface area contributed by atoms with Crippen molar-refractivity contribution in [1.29, 1.82) is 5.26 Å². The molecule has 5 nitrogen and oxygen atoms in total. The fourth-order valence-corrected chi connectivity index (χ4v) is 3.06. The first-order valence-corrected chi connectivity index (χ1v) is 8.21. The Morgan fingerprint density at radius 3 is 2.88 bits per heavy atom. The van der Waals surface area contributed by atoms with Gasteiger partial charge in [-0.1, -0.05) is 29.8 Å². The van der Waals surface area contributed by atoms with E-state index in [1.54, 1.807) is 6.07 Å². The number of rotatable bonds is 3. The normalized spacial score (nSPS) is 17.2. The van der Waals surface area contributed by atoms with Crippen molar-refractivity contribution in [2.24, 2.45) is 0 Å². The van der Waals surface area contributed by atoms with Gasteiger partial charge in [-0.05, 0) is 31.0 Å². The van der Waals surface area contributed by atoms with Gasteiger partial charge in [-0.25, -0.2) is 4.98 Å². The SMILES string of the molecule is N#Cc1cnc(N[C@H]2CCCN(C(=O)c3ccccc3)C2)c(Cl)c1. The molecule has 1 fully saturated rings. The van der Waals surface area contributed by atoms with Crippen LogP contribution in [0.1, 0.15) is 28.8 Å². The number of nitriles is 1. The van der Waals surface area contributed by atoms with Crippen LogP contribution in [0.3, 0.4) is 0 Å². The highest BCUT2D eigenvalue weighted by Gasteiger charge is 2.25. The number of carbonyl (C=O) groups is 1. The van der Waals surface area contributed by atoms with Crippen molar-refractivity contribution >= 4 is 23.3 Å². The van der Waals surface area contributed by atoms with E-state index in [1.165, 1.54) is 6.20 Å². The van der Waals surface area contributed by atoms with Crippen LogP contribution in [-0.2, 0) is 0 Å². The van der Waals surface area contributed by atoms with Crippen LogP contribution in [0.25, 0.3) is 0 Å². The van der Waals surface area contributed by atoms with Gasteiger partial charge in [0.1, 0.15) is 11.9 Å². The van der Waals surface area contributed by atoms with Crippen molar-refractivity contribution < 1.29 is 4.79 Å². The van der Waals surface area contributed by atoms with Gasteiger partial charge in [-0.2, -0.15) is 5.26 Å². The van der Waals surface area contributed by atoms with Crippen LogP contribution in [0.4, 0.5) is 5.82 Å². The minimum Gasteiger partial charge on any atom is -0.364 e. The first kappa shape index (κ1) is 16.3. The second-order valence-electron chi connectivity index (χ2n) is 5.77. The number of nitrogens with one attached hydrogen (secondary N) is 1. The summed E-state index contributed by atoms with van der Waals surface area (Å²) in [4.78, 5) is 18.6. The Morgan fingerprint density at radius 2 is 2.17 bits per heavy atom. The van der Waals surface area contributed by atoms with Crippen LogP contribution in [0.5, 0.6) is 0 Å². The summed E-state index contributed by atoms with van der Waals surface area (Å²) in [7, 11) is 0. The summed E-state index contributed by atoms with van der Waals surface area (Å²) in [6.45, 7) is 1.35. The Bertz CT molecular complexity index is 772. The predicted octanol–water partition coefficient (Wildman–Crippen LogP) is 3.32. The lowest BCUT2D eigenvalue weighted by Crippen LogP contribution is -2.45. The molecule has 1 aromatic carbocycles. The lowest BCUT2D eigenvalue weighted by molar-refractivity contribution is 0.0714. The lowest BCUT2D eigenvalue weighted by atomic mass is 10.0. The number of hydrogen-bond acceptors (Lipinski definition) is 4. The van der Waals surface area contributed by atoms with Crippen LogP contribution in [-0.4, -0.2) is 34.9 Å². The summed E-state index contributed by atoms with van der Waals surface area (Å²) in [6, 6.07) is 13.0. The van der Waals surface area contributed by atoms with Gasteiger partial charge < -0.3 is 10.2 Å². The quantitative estimate of drug-likeness (QED) is 0.930.